The molecule has 6 nitrogen and oxygen atoms in total. The van der Waals surface area contributed by atoms with Crippen LogP contribution in [-0.2, 0) is 9.53 Å². The van der Waals surface area contributed by atoms with E-state index in [1.807, 2.05) is 0 Å². The SMILES string of the molecule is COc1ccc(C(=O)COC(=O)C(C)Oc2ccc(Br)cc2)c(OC)c1. The van der Waals surface area contributed by atoms with E-state index in [0.29, 0.717) is 22.8 Å². The number of carbonyl (C=O) groups excluding carboxylic acids is 2. The van der Waals surface area contributed by atoms with Crippen LogP contribution < -0.4 is 14.2 Å². The van der Waals surface area contributed by atoms with Crippen molar-refractivity contribution in [3.8, 4) is 17.2 Å². The van der Waals surface area contributed by atoms with Crippen molar-refractivity contribution < 1.29 is 28.5 Å². The van der Waals surface area contributed by atoms with E-state index in [2.05, 4.69) is 15.9 Å². The van der Waals surface area contributed by atoms with Gasteiger partial charge in [0.2, 0.25) is 5.78 Å². The van der Waals surface area contributed by atoms with Gasteiger partial charge in [0.05, 0.1) is 19.8 Å². The highest BCUT2D eigenvalue weighted by molar-refractivity contribution is 9.10. The van der Waals surface area contributed by atoms with Gasteiger partial charge >= 0.3 is 5.97 Å². The third-order valence-electron chi connectivity index (χ3n) is 3.51. The van der Waals surface area contributed by atoms with Crippen LogP contribution in [0.15, 0.2) is 46.9 Å². The second kappa shape index (κ2) is 9.24. The quantitative estimate of drug-likeness (QED) is 0.477. The zero-order valence-electron chi connectivity index (χ0n) is 14.7. The van der Waals surface area contributed by atoms with Gasteiger partial charge in [0.15, 0.2) is 12.7 Å². The van der Waals surface area contributed by atoms with Crippen LogP contribution in [0.3, 0.4) is 0 Å². The molecule has 0 spiro atoms. The monoisotopic (exact) mass is 422 g/mol. The van der Waals surface area contributed by atoms with E-state index < -0.39 is 18.7 Å². The molecule has 138 valence electrons. The molecule has 0 fully saturated rings. The van der Waals surface area contributed by atoms with Gasteiger partial charge in [-0.1, -0.05) is 15.9 Å². The number of esters is 1. The molecule has 7 heteroatoms. The van der Waals surface area contributed by atoms with Crippen LogP contribution in [0.4, 0.5) is 0 Å². The molecule has 0 saturated heterocycles. The Morgan fingerprint density at radius 2 is 1.65 bits per heavy atom. The van der Waals surface area contributed by atoms with E-state index in [-0.39, 0.29) is 5.78 Å². The smallest absolute Gasteiger partial charge is 0.347 e. The van der Waals surface area contributed by atoms with E-state index >= 15 is 0 Å². The number of ketones is 1. The highest BCUT2D eigenvalue weighted by atomic mass is 79.9. The van der Waals surface area contributed by atoms with Crippen LogP contribution in [0.5, 0.6) is 17.2 Å². The van der Waals surface area contributed by atoms with E-state index in [4.69, 9.17) is 18.9 Å². The molecular formula is C19H19BrO6. The predicted octanol–water partition coefficient (Wildman–Crippen LogP) is 3.66. The summed E-state index contributed by atoms with van der Waals surface area (Å²) < 4.78 is 21.7. The van der Waals surface area contributed by atoms with Crippen molar-refractivity contribution >= 4 is 27.7 Å². The van der Waals surface area contributed by atoms with Crippen LogP contribution in [0.1, 0.15) is 17.3 Å². The Labute approximate surface area is 160 Å². The fraction of sp³-hybridized carbons (Fsp3) is 0.263. The third kappa shape index (κ3) is 5.23. The highest BCUT2D eigenvalue weighted by Crippen LogP contribution is 2.25. The van der Waals surface area contributed by atoms with E-state index in [1.54, 1.807) is 49.4 Å². The molecule has 0 aromatic heterocycles. The molecular weight excluding hydrogens is 404 g/mol. The van der Waals surface area contributed by atoms with Crippen molar-refractivity contribution in [2.45, 2.75) is 13.0 Å². The molecule has 0 heterocycles. The molecule has 0 aliphatic carbocycles. The minimum Gasteiger partial charge on any atom is -0.497 e. The van der Waals surface area contributed by atoms with Crippen molar-refractivity contribution in [2.75, 3.05) is 20.8 Å². The zero-order valence-corrected chi connectivity index (χ0v) is 16.2. The topological polar surface area (TPSA) is 71.1 Å². The van der Waals surface area contributed by atoms with Crippen LogP contribution >= 0.6 is 15.9 Å². The standard InChI is InChI=1S/C19H19BrO6/c1-12(26-14-6-4-13(20)5-7-14)19(22)25-11-17(21)16-9-8-15(23-2)10-18(16)24-3/h4-10,12H,11H2,1-3H3. The van der Waals surface area contributed by atoms with E-state index in [1.165, 1.54) is 14.2 Å². The number of rotatable bonds is 8. The van der Waals surface area contributed by atoms with Gasteiger partial charge < -0.3 is 18.9 Å². The summed E-state index contributed by atoms with van der Waals surface area (Å²) in [6.45, 7) is 1.15. The number of hydrogen-bond acceptors (Lipinski definition) is 6. The number of halogens is 1. The number of carbonyl (C=O) groups is 2. The van der Waals surface area contributed by atoms with Gasteiger partial charge in [-0.3, -0.25) is 4.79 Å². The summed E-state index contributed by atoms with van der Waals surface area (Å²) in [5.41, 5.74) is 0.308. The van der Waals surface area contributed by atoms with Gasteiger partial charge in [0.25, 0.3) is 0 Å². The summed E-state index contributed by atoms with van der Waals surface area (Å²) in [7, 11) is 2.97. The zero-order chi connectivity index (χ0) is 19.1. The molecule has 1 atom stereocenters. The maximum absolute atomic E-state index is 12.3. The van der Waals surface area contributed by atoms with Gasteiger partial charge in [0, 0.05) is 10.5 Å². The maximum atomic E-state index is 12.3. The van der Waals surface area contributed by atoms with Crippen LogP contribution in [0.25, 0.3) is 0 Å². The first-order chi connectivity index (χ1) is 12.4. The molecule has 0 aliphatic rings. The van der Waals surface area contributed by atoms with Gasteiger partial charge in [-0.25, -0.2) is 4.79 Å². The number of benzene rings is 2. The van der Waals surface area contributed by atoms with Crippen molar-refractivity contribution in [1.29, 1.82) is 0 Å². The predicted molar refractivity (Wildman–Crippen MR) is 99.1 cm³/mol. The van der Waals surface area contributed by atoms with E-state index in [9.17, 15) is 9.59 Å². The maximum Gasteiger partial charge on any atom is 0.347 e. The molecule has 2 rings (SSSR count). The molecule has 2 aromatic carbocycles. The van der Waals surface area contributed by atoms with Crippen molar-refractivity contribution in [1.82, 2.24) is 0 Å². The van der Waals surface area contributed by atoms with Gasteiger partial charge in [-0.2, -0.15) is 0 Å². The lowest BCUT2D eigenvalue weighted by molar-refractivity contribution is -0.149. The minimum atomic E-state index is -0.846. The molecule has 2 aromatic rings. The largest absolute Gasteiger partial charge is 0.497 e. The average molecular weight is 423 g/mol. The van der Waals surface area contributed by atoms with Crippen molar-refractivity contribution in [2.24, 2.45) is 0 Å². The Hall–Kier alpha value is -2.54. The van der Waals surface area contributed by atoms with Gasteiger partial charge in [-0.15, -0.1) is 0 Å². The van der Waals surface area contributed by atoms with Crippen LogP contribution in [0, 0.1) is 0 Å². The molecule has 0 bridgehead atoms. The van der Waals surface area contributed by atoms with Crippen molar-refractivity contribution in [3.05, 3.63) is 52.5 Å². The number of methoxy groups -OCH3 is 2. The van der Waals surface area contributed by atoms with Crippen LogP contribution in [-0.4, -0.2) is 38.7 Å². The minimum absolute atomic E-state index is 0.308. The molecule has 0 amide bonds. The molecule has 0 radical (unpaired) electrons. The Morgan fingerprint density at radius 1 is 1.00 bits per heavy atom. The Kier molecular flexibility index (Phi) is 7.03. The number of hydrogen-bond donors (Lipinski definition) is 0. The molecule has 0 saturated carbocycles. The molecule has 0 N–H and O–H groups in total. The summed E-state index contributed by atoms with van der Waals surface area (Å²) in [6.07, 6.45) is -0.846. The first-order valence-electron chi connectivity index (χ1n) is 7.78. The Bertz CT molecular complexity index is 772. The molecule has 26 heavy (non-hydrogen) atoms. The lowest BCUT2D eigenvalue weighted by Gasteiger charge is -2.14. The Morgan fingerprint density at radius 3 is 2.27 bits per heavy atom. The second-order valence-corrected chi connectivity index (χ2v) is 6.23. The Balaban J connectivity index is 1.93. The van der Waals surface area contributed by atoms with E-state index in [0.717, 1.165) is 4.47 Å². The number of ether oxygens (including phenoxy) is 4. The lowest BCUT2D eigenvalue weighted by Crippen LogP contribution is -2.28. The fourth-order valence-electron chi connectivity index (χ4n) is 2.13. The molecule has 0 aliphatic heterocycles. The lowest BCUT2D eigenvalue weighted by atomic mass is 10.1. The van der Waals surface area contributed by atoms with Gasteiger partial charge in [-0.05, 0) is 43.3 Å². The van der Waals surface area contributed by atoms with Gasteiger partial charge in [0.1, 0.15) is 17.2 Å². The summed E-state index contributed by atoms with van der Waals surface area (Å²) in [6, 6.07) is 11.8. The summed E-state index contributed by atoms with van der Waals surface area (Å²) in [5.74, 6) is 0.430. The summed E-state index contributed by atoms with van der Waals surface area (Å²) in [5, 5.41) is 0. The highest BCUT2D eigenvalue weighted by Gasteiger charge is 2.20. The second-order valence-electron chi connectivity index (χ2n) is 5.31. The average Bonchev–Trinajstić information content (AvgIpc) is 2.66. The number of Topliss-reactive ketones (excluding diaryl/α,β-unsaturated/α-hetero) is 1. The first-order valence-corrected chi connectivity index (χ1v) is 8.58. The normalized spacial score (nSPS) is 11.4. The first kappa shape index (κ1) is 19.8. The summed E-state index contributed by atoms with van der Waals surface area (Å²) >= 11 is 3.32. The fourth-order valence-corrected chi connectivity index (χ4v) is 2.39. The van der Waals surface area contributed by atoms with Crippen molar-refractivity contribution in [3.63, 3.8) is 0 Å². The van der Waals surface area contributed by atoms with Crippen LogP contribution in [0.2, 0.25) is 0 Å². The molecule has 1 unspecified atom stereocenters. The third-order valence-corrected chi connectivity index (χ3v) is 4.04. The summed E-state index contributed by atoms with van der Waals surface area (Å²) in [4.78, 5) is 24.3.